The van der Waals surface area contributed by atoms with E-state index in [1.807, 2.05) is 0 Å². The highest BCUT2D eigenvalue weighted by atomic mass is 16.7. The predicted molar refractivity (Wildman–Crippen MR) is 173 cm³/mol. The number of amides is 2. The summed E-state index contributed by atoms with van der Waals surface area (Å²) in [4.78, 5) is 35.6. The first-order valence-electron chi connectivity index (χ1n) is 17.8. The van der Waals surface area contributed by atoms with Crippen LogP contribution in [0.25, 0.3) is 0 Å². The van der Waals surface area contributed by atoms with E-state index >= 15 is 0 Å². The number of aliphatic hydroxyl groups excluding tert-OH is 2. The Labute approximate surface area is 271 Å². The molecule has 6 aliphatic rings. The molecule has 1 heterocycles. The van der Waals surface area contributed by atoms with E-state index in [1.54, 1.807) is 26.1 Å². The molecule has 6 unspecified atom stereocenters. The van der Waals surface area contributed by atoms with Gasteiger partial charge in [0.15, 0.2) is 0 Å². The summed E-state index contributed by atoms with van der Waals surface area (Å²) in [5, 5.41) is 29.2. The van der Waals surface area contributed by atoms with Crippen molar-refractivity contribution in [2.75, 3.05) is 41.4 Å². The van der Waals surface area contributed by atoms with Crippen LogP contribution < -0.4 is 10.6 Å². The lowest BCUT2D eigenvalue weighted by Crippen LogP contribution is -2.62. The maximum absolute atomic E-state index is 14.2. The topological polar surface area (TPSA) is 124 Å². The summed E-state index contributed by atoms with van der Waals surface area (Å²) in [6, 6.07) is -0.243. The van der Waals surface area contributed by atoms with Crippen molar-refractivity contribution in [3.05, 3.63) is 0 Å². The predicted octanol–water partition coefficient (Wildman–Crippen LogP) is 2.67. The normalized spacial score (nSPS) is 43.8. The van der Waals surface area contributed by atoms with Gasteiger partial charge in [-0.3, -0.25) is 14.4 Å². The number of aliphatic hydroxyl groups is 2. The third-order valence-electron chi connectivity index (χ3n) is 13.4. The summed E-state index contributed by atoms with van der Waals surface area (Å²) in [5.74, 6) is 1.87. The van der Waals surface area contributed by atoms with Crippen molar-refractivity contribution in [1.82, 2.24) is 20.6 Å². The summed E-state index contributed by atoms with van der Waals surface area (Å²) in [6.45, 7) is 8.92. The lowest BCUT2D eigenvalue weighted by atomic mass is 9.45. The summed E-state index contributed by atoms with van der Waals surface area (Å²) >= 11 is 0. The van der Waals surface area contributed by atoms with Crippen molar-refractivity contribution in [2.24, 2.45) is 52.8 Å². The Hall–Kier alpha value is -1.30. The van der Waals surface area contributed by atoms with Crippen molar-refractivity contribution in [2.45, 2.75) is 115 Å². The van der Waals surface area contributed by atoms with Crippen molar-refractivity contribution in [3.63, 3.8) is 0 Å². The second-order valence-electron chi connectivity index (χ2n) is 16.2. The van der Waals surface area contributed by atoms with Gasteiger partial charge in [0.05, 0.1) is 18.8 Å². The molecule has 0 aromatic heterocycles. The van der Waals surface area contributed by atoms with E-state index in [0.29, 0.717) is 47.6 Å². The Balaban J connectivity index is 1.33. The molecular formula is C35H62N4O6. The van der Waals surface area contributed by atoms with Gasteiger partial charge in [-0.25, -0.2) is 0 Å². The number of nitrogens with zero attached hydrogens (tertiary/aromatic N) is 2. The SMILES string of the molecule is CNC(=O)C1CC(C2CCCC(CN3O[C@@H](CO)[C@@H]([C@H](C)O)[C@H]3C(=O)N[C@H]3C[C@H]4C[C@@H]([C@@H]3C)C4(C)C)C2OC)CC(N(C)C)C1. The fourth-order valence-corrected chi connectivity index (χ4v) is 10.6. The molecule has 45 heavy (non-hydrogen) atoms. The van der Waals surface area contributed by atoms with Crippen LogP contribution in [-0.2, 0) is 19.2 Å². The van der Waals surface area contributed by atoms with E-state index in [9.17, 15) is 19.8 Å². The molecule has 5 aliphatic carbocycles. The van der Waals surface area contributed by atoms with Crippen LogP contribution in [0.5, 0.6) is 0 Å². The highest BCUT2D eigenvalue weighted by Crippen LogP contribution is 2.61. The average Bonchev–Trinajstić information content (AvgIpc) is 3.39. The first kappa shape index (κ1) is 35.0. The number of carbonyl (C=O) groups is 2. The third-order valence-corrected chi connectivity index (χ3v) is 13.4. The Morgan fingerprint density at radius 3 is 2.42 bits per heavy atom. The van der Waals surface area contributed by atoms with E-state index in [4.69, 9.17) is 9.57 Å². The third kappa shape index (κ3) is 6.71. The second-order valence-corrected chi connectivity index (χ2v) is 16.2. The maximum atomic E-state index is 14.2. The smallest absolute Gasteiger partial charge is 0.240 e. The summed E-state index contributed by atoms with van der Waals surface area (Å²) in [5.41, 5.74) is 0.325. The number of hydrogen-bond acceptors (Lipinski definition) is 8. The van der Waals surface area contributed by atoms with Gasteiger partial charge in [0.25, 0.3) is 0 Å². The molecule has 5 saturated carbocycles. The minimum absolute atomic E-state index is 0.00933. The van der Waals surface area contributed by atoms with E-state index in [1.165, 1.54) is 6.42 Å². The van der Waals surface area contributed by atoms with Crippen molar-refractivity contribution in [1.29, 1.82) is 0 Å². The van der Waals surface area contributed by atoms with Crippen molar-refractivity contribution >= 4 is 11.8 Å². The fourth-order valence-electron chi connectivity index (χ4n) is 10.6. The standard InChI is InChI=1S/C35H62N4O6/c1-19-27-15-24(35(27,3)4)16-28(19)37-34(43)31-30(20(2)41)29(18-40)45-39(31)17-21-10-9-11-26(32(21)44-8)22-12-23(33(42)36-5)14-25(13-22)38(6)7/h19-32,40-41H,9-18H2,1-8H3,(H,36,42)(H,37,43)/t19-,20-,21?,22?,23?,24+,25?,26?,27-,28-,29-,30+,31-,32?/m0/s1. The Bertz CT molecular complexity index is 1040. The molecule has 0 aromatic rings. The molecular weight excluding hydrogens is 572 g/mol. The molecule has 1 aliphatic heterocycles. The molecule has 4 N–H and O–H groups in total. The van der Waals surface area contributed by atoms with Gasteiger partial charge in [0.1, 0.15) is 12.1 Å². The number of ether oxygens (including phenoxy) is 1. The number of fused-ring (bicyclic) bond motifs is 2. The minimum Gasteiger partial charge on any atom is -0.394 e. The molecule has 14 atom stereocenters. The zero-order valence-corrected chi connectivity index (χ0v) is 29.1. The lowest BCUT2D eigenvalue weighted by molar-refractivity contribution is -0.193. The van der Waals surface area contributed by atoms with Gasteiger partial charge in [-0.2, -0.15) is 5.06 Å². The number of hydrogen-bond donors (Lipinski definition) is 4. The zero-order valence-electron chi connectivity index (χ0n) is 29.1. The van der Waals surface area contributed by atoms with E-state index in [2.05, 4.69) is 50.4 Å². The molecule has 258 valence electrons. The summed E-state index contributed by atoms with van der Waals surface area (Å²) in [6.07, 6.45) is 6.55. The van der Waals surface area contributed by atoms with Crippen LogP contribution in [0.4, 0.5) is 0 Å². The molecule has 2 amide bonds. The highest BCUT2D eigenvalue weighted by Gasteiger charge is 2.58. The zero-order chi connectivity index (χ0) is 32.8. The largest absolute Gasteiger partial charge is 0.394 e. The van der Waals surface area contributed by atoms with Crippen LogP contribution >= 0.6 is 0 Å². The number of carbonyl (C=O) groups excluding carboxylic acids is 2. The first-order chi connectivity index (χ1) is 21.3. The van der Waals surface area contributed by atoms with Crippen molar-refractivity contribution in [3.8, 4) is 0 Å². The number of nitrogens with one attached hydrogen (secondary N) is 2. The molecule has 0 spiro atoms. The van der Waals surface area contributed by atoms with E-state index in [0.717, 1.165) is 44.9 Å². The van der Waals surface area contributed by atoms with Crippen LogP contribution in [0, 0.1) is 52.8 Å². The molecule has 6 rings (SSSR count). The summed E-state index contributed by atoms with van der Waals surface area (Å²) < 4.78 is 6.30. The number of methoxy groups -OCH3 is 1. The van der Waals surface area contributed by atoms with E-state index in [-0.39, 0.29) is 42.4 Å². The molecule has 6 fully saturated rings. The molecule has 2 bridgehead atoms. The molecule has 10 nitrogen and oxygen atoms in total. The Morgan fingerprint density at radius 1 is 1.11 bits per heavy atom. The van der Waals surface area contributed by atoms with Crippen LogP contribution in [-0.4, -0.2) is 110 Å². The van der Waals surface area contributed by atoms with Gasteiger partial charge in [0.2, 0.25) is 11.8 Å². The minimum atomic E-state index is -0.816. The van der Waals surface area contributed by atoms with Gasteiger partial charge >= 0.3 is 0 Å². The van der Waals surface area contributed by atoms with Crippen LogP contribution in [0.1, 0.15) is 79.1 Å². The molecule has 1 saturated heterocycles. The molecule has 10 heteroatoms. The highest BCUT2D eigenvalue weighted by molar-refractivity contribution is 5.83. The first-order valence-corrected chi connectivity index (χ1v) is 17.8. The van der Waals surface area contributed by atoms with E-state index < -0.39 is 24.2 Å². The van der Waals surface area contributed by atoms with Gasteiger partial charge < -0.3 is 30.5 Å². The molecule has 0 radical (unpaired) electrons. The quantitative estimate of drug-likeness (QED) is 0.289. The lowest BCUT2D eigenvalue weighted by Gasteiger charge is -2.62. The fraction of sp³-hybridized carbons (Fsp3) is 0.943. The molecule has 0 aromatic carbocycles. The second kappa shape index (κ2) is 14.0. The van der Waals surface area contributed by atoms with Crippen LogP contribution in [0.2, 0.25) is 0 Å². The number of rotatable bonds is 10. The van der Waals surface area contributed by atoms with Gasteiger partial charge in [-0.1, -0.05) is 27.2 Å². The van der Waals surface area contributed by atoms with Crippen LogP contribution in [0.15, 0.2) is 0 Å². The number of hydroxylamine groups is 2. The van der Waals surface area contributed by atoms with Crippen LogP contribution in [0.3, 0.4) is 0 Å². The van der Waals surface area contributed by atoms with Gasteiger partial charge in [-0.05, 0) is 101 Å². The summed E-state index contributed by atoms with van der Waals surface area (Å²) in [7, 11) is 7.73. The maximum Gasteiger partial charge on any atom is 0.240 e. The monoisotopic (exact) mass is 634 g/mol. The Morgan fingerprint density at radius 2 is 1.84 bits per heavy atom. The van der Waals surface area contributed by atoms with Gasteiger partial charge in [-0.15, -0.1) is 0 Å². The van der Waals surface area contributed by atoms with Gasteiger partial charge in [0, 0.05) is 50.5 Å². The average molecular weight is 635 g/mol. The van der Waals surface area contributed by atoms with Crippen molar-refractivity contribution < 1.29 is 29.4 Å². The Kier molecular flexibility index (Phi) is 10.9.